The highest BCUT2D eigenvalue weighted by atomic mass is 35.5. The van der Waals surface area contributed by atoms with Crippen molar-refractivity contribution in [3.8, 4) is 0 Å². The highest BCUT2D eigenvalue weighted by molar-refractivity contribution is 8.26. The molecule has 0 unspecified atom stereocenters. The van der Waals surface area contributed by atoms with E-state index in [2.05, 4.69) is 0 Å². The molecule has 1 aliphatic heterocycles. The molecular formula is C18H14ClNOS2. The van der Waals surface area contributed by atoms with Crippen molar-refractivity contribution in [1.29, 1.82) is 0 Å². The second-order valence-corrected chi connectivity index (χ2v) is 7.42. The third kappa shape index (κ3) is 3.83. The molecule has 0 aliphatic carbocycles. The monoisotopic (exact) mass is 359 g/mol. The third-order valence-corrected chi connectivity index (χ3v) is 5.13. The highest BCUT2D eigenvalue weighted by Gasteiger charge is 2.31. The van der Waals surface area contributed by atoms with Crippen molar-refractivity contribution in [2.75, 3.05) is 0 Å². The minimum atomic E-state index is -0.0458. The Morgan fingerprint density at radius 1 is 1.13 bits per heavy atom. The quantitative estimate of drug-likeness (QED) is 0.565. The first kappa shape index (κ1) is 16.2. The minimum absolute atomic E-state index is 0.0458. The van der Waals surface area contributed by atoms with E-state index in [0.29, 0.717) is 20.8 Å². The first-order valence-electron chi connectivity index (χ1n) is 7.09. The van der Waals surface area contributed by atoms with Crippen molar-refractivity contribution in [1.82, 2.24) is 4.90 Å². The molecule has 0 N–H and O–H groups in total. The van der Waals surface area contributed by atoms with Crippen LogP contribution in [0.2, 0.25) is 5.02 Å². The van der Waals surface area contributed by atoms with Gasteiger partial charge >= 0.3 is 0 Å². The molecule has 3 rings (SSSR count). The number of carbonyl (C=O) groups excluding carboxylic acids is 1. The molecule has 5 heteroatoms. The van der Waals surface area contributed by atoms with Crippen LogP contribution >= 0.6 is 35.6 Å². The van der Waals surface area contributed by atoms with Crippen LogP contribution in [0.4, 0.5) is 0 Å². The second-order valence-electron chi connectivity index (χ2n) is 5.31. The topological polar surface area (TPSA) is 20.3 Å². The van der Waals surface area contributed by atoms with Gasteiger partial charge in [0.05, 0.1) is 11.4 Å². The van der Waals surface area contributed by atoms with E-state index in [-0.39, 0.29) is 5.91 Å². The van der Waals surface area contributed by atoms with Crippen molar-refractivity contribution in [2.45, 2.75) is 13.5 Å². The van der Waals surface area contributed by atoms with E-state index in [1.54, 1.807) is 17.0 Å². The SMILES string of the molecule is Cc1ccc(CN2C(=O)/C(=C/c3ccc(Cl)cc3)SC2=S)cc1. The summed E-state index contributed by atoms with van der Waals surface area (Å²) in [6, 6.07) is 15.5. The summed E-state index contributed by atoms with van der Waals surface area (Å²) in [7, 11) is 0. The van der Waals surface area contributed by atoms with Crippen molar-refractivity contribution in [3.05, 3.63) is 75.1 Å². The number of aryl methyl sites for hydroxylation is 1. The number of hydrogen-bond donors (Lipinski definition) is 0. The predicted molar refractivity (Wildman–Crippen MR) is 101 cm³/mol. The Bertz CT molecular complexity index is 782. The van der Waals surface area contributed by atoms with E-state index in [1.165, 1.54) is 17.3 Å². The molecule has 1 fully saturated rings. The molecule has 1 aliphatic rings. The molecule has 1 amide bonds. The summed E-state index contributed by atoms with van der Waals surface area (Å²) >= 11 is 12.6. The summed E-state index contributed by atoms with van der Waals surface area (Å²) in [6.07, 6.45) is 1.85. The first-order valence-corrected chi connectivity index (χ1v) is 8.70. The van der Waals surface area contributed by atoms with Gasteiger partial charge in [-0.05, 0) is 36.3 Å². The van der Waals surface area contributed by atoms with Gasteiger partial charge in [0.2, 0.25) is 0 Å². The Morgan fingerprint density at radius 3 is 2.43 bits per heavy atom. The summed E-state index contributed by atoms with van der Waals surface area (Å²) in [5, 5.41) is 0.675. The Morgan fingerprint density at radius 2 is 1.78 bits per heavy atom. The van der Waals surface area contributed by atoms with E-state index in [1.807, 2.05) is 49.4 Å². The molecule has 1 heterocycles. The molecule has 23 heavy (non-hydrogen) atoms. The molecule has 0 spiro atoms. The van der Waals surface area contributed by atoms with Gasteiger partial charge in [-0.1, -0.05) is 77.5 Å². The molecule has 116 valence electrons. The number of thiocarbonyl (C=S) groups is 1. The maximum atomic E-state index is 12.6. The van der Waals surface area contributed by atoms with Gasteiger partial charge in [0, 0.05) is 5.02 Å². The third-order valence-electron chi connectivity index (χ3n) is 3.50. The smallest absolute Gasteiger partial charge is 0.266 e. The van der Waals surface area contributed by atoms with Crippen LogP contribution in [0.1, 0.15) is 16.7 Å². The number of rotatable bonds is 3. The Balaban J connectivity index is 1.79. The zero-order chi connectivity index (χ0) is 16.4. The van der Waals surface area contributed by atoms with E-state index in [4.69, 9.17) is 23.8 Å². The number of benzene rings is 2. The van der Waals surface area contributed by atoms with E-state index in [9.17, 15) is 4.79 Å². The average molecular weight is 360 g/mol. The highest BCUT2D eigenvalue weighted by Crippen LogP contribution is 2.33. The lowest BCUT2D eigenvalue weighted by atomic mass is 10.1. The standard InChI is InChI=1S/C18H14ClNOS2/c1-12-2-4-14(5-3-12)11-20-17(21)16(23-18(20)22)10-13-6-8-15(19)9-7-13/h2-10H,11H2,1H3/b16-10-. The summed E-state index contributed by atoms with van der Waals surface area (Å²) < 4.78 is 0.593. The summed E-state index contributed by atoms with van der Waals surface area (Å²) in [6.45, 7) is 2.54. The van der Waals surface area contributed by atoms with Gasteiger partial charge in [0.25, 0.3) is 5.91 Å². The van der Waals surface area contributed by atoms with Crippen LogP contribution < -0.4 is 0 Å². The zero-order valence-corrected chi connectivity index (χ0v) is 14.8. The first-order chi connectivity index (χ1) is 11.0. The average Bonchev–Trinajstić information content (AvgIpc) is 2.79. The Labute approximate surface area is 150 Å². The molecule has 2 aromatic carbocycles. The van der Waals surface area contributed by atoms with Crippen molar-refractivity contribution in [2.24, 2.45) is 0 Å². The number of thioether (sulfide) groups is 1. The van der Waals surface area contributed by atoms with Crippen molar-refractivity contribution < 1.29 is 4.79 Å². The fourth-order valence-corrected chi connectivity index (χ4v) is 3.60. The second kappa shape index (κ2) is 6.87. The van der Waals surface area contributed by atoms with Gasteiger partial charge in [-0.3, -0.25) is 9.69 Å². The predicted octanol–water partition coefficient (Wildman–Crippen LogP) is 5.05. The normalized spacial score (nSPS) is 16.4. The van der Waals surface area contributed by atoms with Crippen molar-refractivity contribution >= 4 is 51.9 Å². The van der Waals surface area contributed by atoms with Crippen LogP contribution in [-0.2, 0) is 11.3 Å². The van der Waals surface area contributed by atoms with Gasteiger partial charge in [0.15, 0.2) is 0 Å². The van der Waals surface area contributed by atoms with Gasteiger partial charge in [0.1, 0.15) is 4.32 Å². The van der Waals surface area contributed by atoms with Crippen LogP contribution in [0, 0.1) is 6.92 Å². The lowest BCUT2D eigenvalue weighted by Crippen LogP contribution is -2.27. The molecule has 0 aromatic heterocycles. The molecular weight excluding hydrogens is 346 g/mol. The van der Waals surface area contributed by atoms with E-state index in [0.717, 1.165) is 11.1 Å². The summed E-state index contributed by atoms with van der Waals surface area (Å²) in [4.78, 5) is 14.9. The molecule has 0 saturated carbocycles. The number of nitrogens with zero attached hydrogens (tertiary/aromatic N) is 1. The van der Waals surface area contributed by atoms with Gasteiger partial charge in [-0.2, -0.15) is 0 Å². The molecule has 2 aromatic rings. The lowest BCUT2D eigenvalue weighted by molar-refractivity contribution is -0.122. The maximum Gasteiger partial charge on any atom is 0.266 e. The number of amides is 1. The van der Waals surface area contributed by atoms with Crippen LogP contribution in [0.3, 0.4) is 0 Å². The number of halogens is 1. The molecule has 0 bridgehead atoms. The molecule has 2 nitrogen and oxygen atoms in total. The molecule has 1 saturated heterocycles. The molecule has 0 atom stereocenters. The zero-order valence-electron chi connectivity index (χ0n) is 12.5. The lowest BCUT2D eigenvalue weighted by Gasteiger charge is -2.14. The minimum Gasteiger partial charge on any atom is -0.288 e. The summed E-state index contributed by atoms with van der Waals surface area (Å²) in [5.74, 6) is -0.0458. The van der Waals surface area contributed by atoms with Crippen molar-refractivity contribution in [3.63, 3.8) is 0 Å². The van der Waals surface area contributed by atoms with Crippen LogP contribution in [0.5, 0.6) is 0 Å². The number of hydrogen-bond acceptors (Lipinski definition) is 3. The fourth-order valence-electron chi connectivity index (χ4n) is 2.22. The van der Waals surface area contributed by atoms with Gasteiger partial charge < -0.3 is 0 Å². The van der Waals surface area contributed by atoms with Crippen LogP contribution in [0.25, 0.3) is 6.08 Å². The fraction of sp³-hybridized carbons (Fsp3) is 0.111. The largest absolute Gasteiger partial charge is 0.288 e. The van der Waals surface area contributed by atoms with E-state index >= 15 is 0 Å². The van der Waals surface area contributed by atoms with Gasteiger partial charge in [-0.15, -0.1) is 0 Å². The molecule has 0 radical (unpaired) electrons. The Hall–Kier alpha value is -1.62. The maximum absolute atomic E-state index is 12.6. The van der Waals surface area contributed by atoms with Gasteiger partial charge in [-0.25, -0.2) is 0 Å². The van der Waals surface area contributed by atoms with E-state index < -0.39 is 0 Å². The number of carbonyl (C=O) groups is 1. The summed E-state index contributed by atoms with van der Waals surface area (Å²) in [5.41, 5.74) is 3.20. The van der Waals surface area contributed by atoms with Crippen LogP contribution in [-0.4, -0.2) is 15.1 Å². The Kier molecular flexibility index (Phi) is 4.85. The van der Waals surface area contributed by atoms with Crippen LogP contribution in [0.15, 0.2) is 53.4 Å².